The Bertz CT molecular complexity index is 1040. The van der Waals surface area contributed by atoms with Crippen molar-refractivity contribution in [3.05, 3.63) is 81.6 Å². The molecule has 0 fully saturated rings. The molecular formula is C19H15ClFN3O2S. The molecule has 3 rings (SSSR count). The molecule has 0 unspecified atom stereocenters. The Morgan fingerprint density at radius 2 is 2.00 bits per heavy atom. The standard InChI is InChI=1S/C19H15ClFN3O2S/c1-12-2-3-13(20)10-16(12)23-17(25)11-27-18-19(26)24(9-8-22-18)15-6-4-14(21)5-7-15/h2-10H,11H2,1H3,(H,23,25). The molecule has 0 aliphatic rings. The zero-order valence-electron chi connectivity index (χ0n) is 14.3. The zero-order chi connectivity index (χ0) is 19.4. The number of amides is 1. The zero-order valence-corrected chi connectivity index (χ0v) is 15.9. The van der Waals surface area contributed by atoms with Crippen LogP contribution in [0.4, 0.5) is 10.1 Å². The third kappa shape index (κ3) is 4.75. The molecule has 138 valence electrons. The molecule has 2 aromatic carbocycles. The Hall–Kier alpha value is -2.64. The Morgan fingerprint density at radius 1 is 1.26 bits per heavy atom. The Kier molecular flexibility index (Phi) is 5.93. The van der Waals surface area contributed by atoms with E-state index in [0.29, 0.717) is 16.4 Å². The Morgan fingerprint density at radius 3 is 2.74 bits per heavy atom. The molecule has 0 bridgehead atoms. The summed E-state index contributed by atoms with van der Waals surface area (Å²) in [5.41, 5.74) is 1.65. The van der Waals surface area contributed by atoms with Crippen LogP contribution >= 0.6 is 23.4 Å². The van der Waals surface area contributed by atoms with Crippen molar-refractivity contribution in [2.24, 2.45) is 0 Å². The van der Waals surface area contributed by atoms with Gasteiger partial charge < -0.3 is 5.32 Å². The van der Waals surface area contributed by atoms with Crippen LogP contribution in [0.5, 0.6) is 0 Å². The predicted molar refractivity (Wildman–Crippen MR) is 105 cm³/mol. The molecule has 1 aromatic heterocycles. The first-order valence-corrected chi connectivity index (χ1v) is 9.33. The van der Waals surface area contributed by atoms with Crippen molar-refractivity contribution in [1.82, 2.24) is 9.55 Å². The highest BCUT2D eigenvalue weighted by Gasteiger charge is 2.11. The van der Waals surface area contributed by atoms with Gasteiger partial charge in [0.25, 0.3) is 5.56 Å². The maximum absolute atomic E-state index is 13.1. The van der Waals surface area contributed by atoms with Crippen molar-refractivity contribution < 1.29 is 9.18 Å². The SMILES string of the molecule is Cc1ccc(Cl)cc1NC(=O)CSc1nccn(-c2ccc(F)cc2)c1=O. The second-order valence-electron chi connectivity index (χ2n) is 5.68. The van der Waals surface area contributed by atoms with Crippen LogP contribution in [0.3, 0.4) is 0 Å². The van der Waals surface area contributed by atoms with Crippen LogP contribution in [0.25, 0.3) is 5.69 Å². The summed E-state index contributed by atoms with van der Waals surface area (Å²) in [6.45, 7) is 1.86. The third-order valence-electron chi connectivity index (χ3n) is 3.73. The Labute approximate surface area is 164 Å². The quantitative estimate of drug-likeness (QED) is 0.652. The lowest BCUT2D eigenvalue weighted by molar-refractivity contribution is -0.113. The van der Waals surface area contributed by atoms with Crippen molar-refractivity contribution in [2.45, 2.75) is 11.9 Å². The number of nitrogens with zero attached hydrogens (tertiary/aromatic N) is 2. The van der Waals surface area contributed by atoms with Gasteiger partial charge in [-0.25, -0.2) is 9.37 Å². The van der Waals surface area contributed by atoms with Gasteiger partial charge in [-0.05, 0) is 48.9 Å². The highest BCUT2D eigenvalue weighted by Crippen LogP contribution is 2.21. The molecule has 0 aliphatic heterocycles. The van der Waals surface area contributed by atoms with Crippen molar-refractivity contribution >= 4 is 35.0 Å². The molecule has 1 N–H and O–H groups in total. The summed E-state index contributed by atoms with van der Waals surface area (Å²) < 4.78 is 14.4. The van der Waals surface area contributed by atoms with E-state index in [1.807, 2.05) is 13.0 Å². The summed E-state index contributed by atoms with van der Waals surface area (Å²) in [6.07, 6.45) is 2.96. The van der Waals surface area contributed by atoms with E-state index in [9.17, 15) is 14.0 Å². The van der Waals surface area contributed by atoms with Gasteiger partial charge in [0.2, 0.25) is 5.91 Å². The molecule has 0 atom stereocenters. The number of hydrogen-bond acceptors (Lipinski definition) is 4. The summed E-state index contributed by atoms with van der Waals surface area (Å²) in [7, 11) is 0. The summed E-state index contributed by atoms with van der Waals surface area (Å²) in [6, 6.07) is 10.8. The minimum absolute atomic E-state index is 0.0155. The number of carbonyl (C=O) groups excluding carboxylic acids is 1. The number of halogens is 2. The highest BCUT2D eigenvalue weighted by atomic mass is 35.5. The van der Waals surface area contributed by atoms with E-state index in [1.165, 1.54) is 41.2 Å². The molecule has 1 heterocycles. The minimum Gasteiger partial charge on any atom is -0.325 e. The molecule has 5 nitrogen and oxygen atoms in total. The molecule has 0 radical (unpaired) electrons. The molecule has 27 heavy (non-hydrogen) atoms. The highest BCUT2D eigenvalue weighted by molar-refractivity contribution is 7.99. The second-order valence-corrected chi connectivity index (χ2v) is 7.08. The number of anilines is 1. The normalized spacial score (nSPS) is 10.6. The van der Waals surface area contributed by atoms with Crippen LogP contribution in [0, 0.1) is 12.7 Å². The van der Waals surface area contributed by atoms with E-state index in [-0.39, 0.29) is 28.1 Å². The molecule has 0 saturated heterocycles. The van der Waals surface area contributed by atoms with Crippen molar-refractivity contribution in [3.8, 4) is 5.69 Å². The average Bonchev–Trinajstić information content (AvgIpc) is 2.65. The molecule has 0 spiro atoms. The number of aryl methyl sites for hydroxylation is 1. The van der Waals surface area contributed by atoms with Crippen molar-refractivity contribution in [1.29, 1.82) is 0 Å². The van der Waals surface area contributed by atoms with Crippen LogP contribution < -0.4 is 10.9 Å². The van der Waals surface area contributed by atoms with Gasteiger partial charge in [0.05, 0.1) is 5.75 Å². The summed E-state index contributed by atoms with van der Waals surface area (Å²) in [5, 5.41) is 3.47. The summed E-state index contributed by atoms with van der Waals surface area (Å²) >= 11 is 6.98. The van der Waals surface area contributed by atoms with Crippen molar-refractivity contribution in [3.63, 3.8) is 0 Å². The smallest absolute Gasteiger partial charge is 0.287 e. The van der Waals surface area contributed by atoms with E-state index < -0.39 is 0 Å². The number of carbonyl (C=O) groups is 1. The topological polar surface area (TPSA) is 64.0 Å². The van der Waals surface area contributed by atoms with Gasteiger partial charge in [-0.15, -0.1) is 0 Å². The lowest BCUT2D eigenvalue weighted by atomic mass is 10.2. The molecule has 8 heteroatoms. The Balaban J connectivity index is 1.72. The predicted octanol–water partition coefficient (Wildman–Crippen LogP) is 4.06. The molecule has 1 amide bonds. The van der Waals surface area contributed by atoms with Crippen LogP contribution in [0.1, 0.15) is 5.56 Å². The largest absolute Gasteiger partial charge is 0.325 e. The first kappa shape index (κ1) is 19.1. The number of benzene rings is 2. The van der Waals surface area contributed by atoms with Gasteiger partial charge in [-0.1, -0.05) is 29.4 Å². The molecular weight excluding hydrogens is 389 g/mol. The van der Waals surface area contributed by atoms with Gasteiger partial charge in [0.1, 0.15) is 5.82 Å². The van der Waals surface area contributed by atoms with E-state index in [1.54, 1.807) is 12.1 Å². The number of nitrogens with one attached hydrogen (secondary N) is 1. The van der Waals surface area contributed by atoms with Crippen LogP contribution in [0.15, 0.2) is 64.7 Å². The summed E-state index contributed by atoms with van der Waals surface area (Å²) in [4.78, 5) is 28.8. The maximum atomic E-state index is 13.1. The number of thioether (sulfide) groups is 1. The van der Waals surface area contributed by atoms with E-state index in [2.05, 4.69) is 10.3 Å². The van der Waals surface area contributed by atoms with E-state index in [4.69, 9.17) is 11.6 Å². The minimum atomic E-state index is -0.386. The van der Waals surface area contributed by atoms with Crippen LogP contribution in [-0.4, -0.2) is 21.2 Å². The number of rotatable bonds is 5. The van der Waals surface area contributed by atoms with Crippen LogP contribution in [0.2, 0.25) is 5.02 Å². The lowest BCUT2D eigenvalue weighted by Gasteiger charge is -2.09. The number of hydrogen-bond donors (Lipinski definition) is 1. The first-order chi connectivity index (χ1) is 12.9. The second kappa shape index (κ2) is 8.37. The van der Waals surface area contributed by atoms with Gasteiger partial charge in [0, 0.05) is 28.8 Å². The van der Waals surface area contributed by atoms with Gasteiger partial charge in [-0.3, -0.25) is 14.2 Å². The average molecular weight is 404 g/mol. The van der Waals surface area contributed by atoms with E-state index in [0.717, 1.165) is 17.3 Å². The summed E-state index contributed by atoms with van der Waals surface area (Å²) in [5.74, 6) is -0.645. The van der Waals surface area contributed by atoms with Gasteiger partial charge in [-0.2, -0.15) is 0 Å². The molecule has 0 aliphatic carbocycles. The fourth-order valence-electron chi connectivity index (χ4n) is 2.35. The molecule has 0 saturated carbocycles. The fourth-order valence-corrected chi connectivity index (χ4v) is 3.22. The molecule has 3 aromatic rings. The first-order valence-electron chi connectivity index (χ1n) is 7.96. The fraction of sp³-hybridized carbons (Fsp3) is 0.105. The maximum Gasteiger partial charge on any atom is 0.287 e. The van der Waals surface area contributed by atoms with Gasteiger partial charge >= 0.3 is 0 Å². The lowest BCUT2D eigenvalue weighted by Crippen LogP contribution is -2.22. The van der Waals surface area contributed by atoms with Crippen molar-refractivity contribution in [2.75, 3.05) is 11.1 Å². The van der Waals surface area contributed by atoms with Gasteiger partial charge in [0.15, 0.2) is 5.03 Å². The van der Waals surface area contributed by atoms with Crippen LogP contribution in [-0.2, 0) is 4.79 Å². The monoisotopic (exact) mass is 403 g/mol. The number of aromatic nitrogens is 2. The van der Waals surface area contributed by atoms with E-state index >= 15 is 0 Å². The third-order valence-corrected chi connectivity index (χ3v) is 4.92.